The fourth-order valence-corrected chi connectivity index (χ4v) is 2.78. The van der Waals surface area contributed by atoms with Gasteiger partial charge in [-0.15, -0.1) is 11.3 Å². The highest BCUT2D eigenvalue weighted by molar-refractivity contribution is 7.09. The Bertz CT molecular complexity index is 511. The van der Waals surface area contributed by atoms with E-state index < -0.39 is 5.97 Å². The quantitative estimate of drug-likeness (QED) is 0.809. The molecule has 2 amide bonds. The van der Waals surface area contributed by atoms with Gasteiger partial charge < -0.3 is 15.3 Å². The summed E-state index contributed by atoms with van der Waals surface area (Å²) in [5.74, 6) is -0.354. The molecule has 0 unspecified atom stereocenters. The molecule has 0 saturated heterocycles. The van der Waals surface area contributed by atoms with Crippen LogP contribution in [0.4, 0.5) is 4.79 Å². The molecule has 6 nitrogen and oxygen atoms in total. The van der Waals surface area contributed by atoms with Crippen LogP contribution in [0.1, 0.15) is 42.2 Å². The van der Waals surface area contributed by atoms with Gasteiger partial charge in [0.1, 0.15) is 0 Å². The SMILES string of the molecule is CC(C)N(CC1CC1)C(=O)NCCc1nc(C(=O)O)cs1. The van der Waals surface area contributed by atoms with Crippen LogP contribution in [-0.2, 0) is 6.42 Å². The van der Waals surface area contributed by atoms with Crippen molar-refractivity contribution in [3.8, 4) is 0 Å². The van der Waals surface area contributed by atoms with Gasteiger partial charge in [0.05, 0.1) is 5.01 Å². The van der Waals surface area contributed by atoms with E-state index in [0.717, 1.165) is 11.6 Å². The molecule has 1 fully saturated rings. The van der Waals surface area contributed by atoms with E-state index in [0.29, 0.717) is 18.9 Å². The molecule has 0 aliphatic heterocycles. The van der Waals surface area contributed by atoms with Crippen LogP contribution in [0.5, 0.6) is 0 Å². The summed E-state index contributed by atoms with van der Waals surface area (Å²) < 4.78 is 0. The van der Waals surface area contributed by atoms with Crippen LogP contribution in [0.25, 0.3) is 0 Å². The zero-order chi connectivity index (χ0) is 15.4. The molecule has 2 rings (SSSR count). The molecule has 0 bridgehead atoms. The molecule has 1 aliphatic rings. The Morgan fingerprint density at radius 2 is 2.24 bits per heavy atom. The second-order valence-electron chi connectivity index (χ2n) is 5.60. The summed E-state index contributed by atoms with van der Waals surface area (Å²) >= 11 is 1.31. The Morgan fingerprint density at radius 3 is 2.76 bits per heavy atom. The third-order valence-electron chi connectivity index (χ3n) is 3.42. The molecule has 2 N–H and O–H groups in total. The normalized spacial score (nSPS) is 14.2. The number of hydrogen-bond donors (Lipinski definition) is 2. The minimum absolute atomic E-state index is 0.0492. The van der Waals surface area contributed by atoms with Crippen molar-refractivity contribution in [3.63, 3.8) is 0 Å². The van der Waals surface area contributed by atoms with Gasteiger partial charge in [-0.3, -0.25) is 0 Å². The van der Waals surface area contributed by atoms with Crippen molar-refractivity contribution in [1.82, 2.24) is 15.2 Å². The van der Waals surface area contributed by atoms with Crippen molar-refractivity contribution in [2.45, 2.75) is 39.2 Å². The Hall–Kier alpha value is -1.63. The van der Waals surface area contributed by atoms with Gasteiger partial charge in [0.15, 0.2) is 5.69 Å². The molecule has 1 saturated carbocycles. The molecule has 116 valence electrons. The topological polar surface area (TPSA) is 82.5 Å². The second-order valence-corrected chi connectivity index (χ2v) is 6.55. The van der Waals surface area contributed by atoms with E-state index in [1.165, 1.54) is 29.6 Å². The summed E-state index contributed by atoms with van der Waals surface area (Å²) in [4.78, 5) is 28.8. The van der Waals surface area contributed by atoms with Gasteiger partial charge in [-0.1, -0.05) is 0 Å². The highest BCUT2D eigenvalue weighted by Crippen LogP contribution is 2.30. The lowest BCUT2D eigenvalue weighted by molar-refractivity contribution is 0.0691. The van der Waals surface area contributed by atoms with Crippen molar-refractivity contribution in [2.24, 2.45) is 5.92 Å². The smallest absolute Gasteiger partial charge is 0.355 e. The highest BCUT2D eigenvalue weighted by Gasteiger charge is 2.27. The molecular weight excluding hydrogens is 290 g/mol. The van der Waals surface area contributed by atoms with Gasteiger partial charge in [-0.25, -0.2) is 14.6 Å². The Balaban J connectivity index is 1.77. The van der Waals surface area contributed by atoms with E-state index >= 15 is 0 Å². The molecule has 1 aromatic heterocycles. The maximum Gasteiger partial charge on any atom is 0.355 e. The molecule has 0 aromatic carbocycles. The summed E-state index contributed by atoms with van der Waals surface area (Å²) in [6, 6.07) is 0.135. The minimum atomic E-state index is -1.02. The Morgan fingerprint density at radius 1 is 1.52 bits per heavy atom. The number of hydrogen-bond acceptors (Lipinski definition) is 4. The van der Waals surface area contributed by atoms with E-state index in [9.17, 15) is 9.59 Å². The fraction of sp³-hybridized carbons (Fsp3) is 0.643. The molecule has 0 spiro atoms. The third kappa shape index (κ3) is 4.70. The lowest BCUT2D eigenvalue weighted by Gasteiger charge is -2.27. The van der Waals surface area contributed by atoms with Crippen LogP contribution in [0.15, 0.2) is 5.38 Å². The van der Waals surface area contributed by atoms with Crippen LogP contribution in [0, 0.1) is 5.92 Å². The van der Waals surface area contributed by atoms with Gasteiger partial charge in [0.2, 0.25) is 0 Å². The fourth-order valence-electron chi connectivity index (χ4n) is 2.01. The molecule has 1 aromatic rings. The highest BCUT2D eigenvalue weighted by atomic mass is 32.1. The van der Waals surface area contributed by atoms with Gasteiger partial charge in [0.25, 0.3) is 0 Å². The first-order valence-electron chi connectivity index (χ1n) is 7.19. The number of thiazole rings is 1. The number of carboxylic acid groups (broad SMARTS) is 1. The number of aromatic carboxylic acids is 1. The molecule has 0 radical (unpaired) electrons. The minimum Gasteiger partial charge on any atom is -0.476 e. The average molecular weight is 311 g/mol. The van der Waals surface area contributed by atoms with Crippen molar-refractivity contribution in [3.05, 3.63) is 16.1 Å². The first kappa shape index (κ1) is 15.8. The van der Waals surface area contributed by atoms with Crippen molar-refractivity contribution < 1.29 is 14.7 Å². The monoisotopic (exact) mass is 311 g/mol. The molecule has 0 atom stereocenters. The van der Waals surface area contributed by atoms with Crippen molar-refractivity contribution in [1.29, 1.82) is 0 Å². The maximum absolute atomic E-state index is 12.2. The number of carbonyl (C=O) groups is 2. The van der Waals surface area contributed by atoms with E-state index in [1.54, 1.807) is 0 Å². The number of nitrogens with one attached hydrogen (secondary N) is 1. The molecule has 1 aliphatic carbocycles. The van der Waals surface area contributed by atoms with Crippen molar-refractivity contribution >= 4 is 23.3 Å². The Kier molecular flexibility index (Phi) is 5.17. The lowest BCUT2D eigenvalue weighted by Crippen LogP contribution is -2.45. The van der Waals surface area contributed by atoms with E-state index in [1.807, 2.05) is 18.7 Å². The van der Waals surface area contributed by atoms with Crippen LogP contribution >= 0.6 is 11.3 Å². The number of amides is 2. The van der Waals surface area contributed by atoms with Gasteiger partial charge >= 0.3 is 12.0 Å². The first-order valence-corrected chi connectivity index (χ1v) is 8.07. The lowest BCUT2D eigenvalue weighted by atomic mass is 10.3. The van der Waals surface area contributed by atoms with Gasteiger partial charge in [-0.05, 0) is 32.6 Å². The number of aromatic nitrogens is 1. The van der Waals surface area contributed by atoms with Crippen molar-refractivity contribution in [2.75, 3.05) is 13.1 Å². The number of carbonyl (C=O) groups excluding carboxylic acids is 1. The average Bonchev–Trinajstić information content (AvgIpc) is 3.11. The summed E-state index contributed by atoms with van der Waals surface area (Å²) in [7, 11) is 0. The van der Waals surface area contributed by atoms with Crippen LogP contribution in [0.3, 0.4) is 0 Å². The van der Waals surface area contributed by atoms with E-state index in [4.69, 9.17) is 5.11 Å². The third-order valence-corrected chi connectivity index (χ3v) is 4.33. The number of nitrogens with zero attached hydrogens (tertiary/aromatic N) is 2. The van der Waals surface area contributed by atoms with Gasteiger partial charge in [0, 0.05) is 30.9 Å². The molecule has 7 heteroatoms. The Labute approximate surface area is 128 Å². The number of carboxylic acids is 1. The second kappa shape index (κ2) is 6.89. The number of urea groups is 1. The zero-order valence-corrected chi connectivity index (χ0v) is 13.2. The maximum atomic E-state index is 12.2. The predicted octanol–water partition coefficient (Wildman–Crippen LogP) is 2.21. The summed E-state index contributed by atoms with van der Waals surface area (Å²) in [6.07, 6.45) is 2.99. The number of rotatable bonds is 7. The predicted molar refractivity (Wildman–Crippen MR) is 80.7 cm³/mol. The first-order chi connectivity index (χ1) is 9.97. The summed E-state index contributed by atoms with van der Waals surface area (Å²) in [5, 5.41) is 13.9. The van der Waals surface area contributed by atoms with E-state index in [2.05, 4.69) is 10.3 Å². The van der Waals surface area contributed by atoms with Crippen LogP contribution < -0.4 is 5.32 Å². The standard InChI is InChI=1S/C14H21N3O3S/c1-9(2)17(7-10-3-4-10)14(20)15-6-5-12-16-11(8-21-12)13(18)19/h8-10H,3-7H2,1-2H3,(H,15,20)(H,18,19). The largest absolute Gasteiger partial charge is 0.476 e. The zero-order valence-electron chi connectivity index (χ0n) is 12.3. The molecule has 1 heterocycles. The summed E-state index contributed by atoms with van der Waals surface area (Å²) in [5.41, 5.74) is 0.0684. The van der Waals surface area contributed by atoms with E-state index in [-0.39, 0.29) is 17.8 Å². The van der Waals surface area contributed by atoms with Crippen LogP contribution in [-0.4, -0.2) is 46.1 Å². The molecular formula is C14H21N3O3S. The van der Waals surface area contributed by atoms with Gasteiger partial charge in [-0.2, -0.15) is 0 Å². The summed E-state index contributed by atoms with van der Waals surface area (Å²) in [6.45, 7) is 5.33. The molecule has 21 heavy (non-hydrogen) atoms. The van der Waals surface area contributed by atoms with Crippen LogP contribution in [0.2, 0.25) is 0 Å².